The Morgan fingerprint density at radius 1 is 1.28 bits per heavy atom. The molecule has 39 heavy (non-hydrogen) atoms. The van der Waals surface area contributed by atoms with Crippen LogP contribution in [0.2, 0.25) is 0 Å². The number of aromatic amines is 1. The Labute approximate surface area is 228 Å². The second-order valence-electron chi connectivity index (χ2n) is 10.3. The Kier molecular flexibility index (Phi) is 8.19. The first-order valence-electron chi connectivity index (χ1n) is 12.5. The number of pyridine rings is 3. The van der Waals surface area contributed by atoms with Crippen molar-refractivity contribution in [3.05, 3.63) is 63.7 Å². The minimum absolute atomic E-state index is 0.115. The number of likely N-dealkylation sites (N-methyl/N-ethyl adjacent to an activating group) is 1. The molecule has 0 aromatic carbocycles. The molecule has 3 N–H and O–H groups in total. The van der Waals surface area contributed by atoms with E-state index in [1.807, 2.05) is 25.2 Å². The number of fused-ring (bicyclic) bond motifs is 1. The lowest BCUT2D eigenvalue weighted by molar-refractivity contribution is -0.117. The van der Waals surface area contributed by atoms with E-state index in [1.54, 1.807) is 12.1 Å². The molecule has 0 bridgehead atoms. The highest BCUT2D eigenvalue weighted by Crippen LogP contribution is 2.41. The van der Waals surface area contributed by atoms with Gasteiger partial charge in [0.05, 0.1) is 19.2 Å². The topological polar surface area (TPSA) is 153 Å². The summed E-state index contributed by atoms with van der Waals surface area (Å²) in [6, 6.07) is 6.26. The molecule has 0 fully saturated rings. The maximum atomic E-state index is 13.6. The minimum Gasteiger partial charge on any atom is -0.494 e. The van der Waals surface area contributed by atoms with Crippen LogP contribution in [0.4, 0.5) is 0 Å². The molecule has 0 aliphatic heterocycles. The molecular formula is C27H34N6O5S. The fourth-order valence-corrected chi connectivity index (χ4v) is 5.74. The number of H-pyrrole nitrogens is 1. The number of methoxy groups -OCH3 is 1. The second-order valence-corrected chi connectivity index (χ2v) is 12.0. The molecule has 1 amide bonds. The molecule has 0 saturated carbocycles. The number of hydrogen-bond donors (Lipinski definition) is 2. The number of hydrogen-bond acceptors (Lipinski definition) is 8. The third-order valence-electron chi connectivity index (χ3n) is 6.73. The van der Waals surface area contributed by atoms with Crippen molar-refractivity contribution in [3.63, 3.8) is 0 Å². The molecular weight excluding hydrogens is 520 g/mol. The van der Waals surface area contributed by atoms with Crippen LogP contribution in [0.3, 0.4) is 0 Å². The van der Waals surface area contributed by atoms with Crippen molar-refractivity contribution in [2.24, 2.45) is 9.50 Å². The lowest BCUT2D eigenvalue weighted by Gasteiger charge is -2.20. The van der Waals surface area contributed by atoms with Crippen LogP contribution in [0, 0.1) is 0 Å². The Morgan fingerprint density at radius 3 is 2.74 bits per heavy atom. The van der Waals surface area contributed by atoms with E-state index in [0.717, 1.165) is 24.0 Å². The van der Waals surface area contributed by atoms with Crippen molar-refractivity contribution in [1.82, 2.24) is 19.9 Å². The Balaban J connectivity index is 1.73. The first-order chi connectivity index (χ1) is 18.4. The number of ether oxygens (including phenoxy) is 2. The normalized spacial score (nSPS) is 15.5. The van der Waals surface area contributed by atoms with Crippen molar-refractivity contribution in [2.75, 3.05) is 34.4 Å². The molecule has 3 heterocycles. The fraction of sp³-hybridized carbons (Fsp3) is 0.407. The zero-order valence-electron chi connectivity index (χ0n) is 22.8. The summed E-state index contributed by atoms with van der Waals surface area (Å²) in [6.45, 7) is 5.25. The quantitative estimate of drug-likeness (QED) is 0.409. The third kappa shape index (κ3) is 6.35. The van der Waals surface area contributed by atoms with Gasteiger partial charge in [0, 0.05) is 36.6 Å². The van der Waals surface area contributed by atoms with Crippen LogP contribution in [-0.4, -0.2) is 64.3 Å². The molecule has 0 radical (unpaired) electrons. The van der Waals surface area contributed by atoms with Crippen molar-refractivity contribution in [3.8, 4) is 22.9 Å². The molecule has 1 unspecified atom stereocenters. The van der Waals surface area contributed by atoms with Gasteiger partial charge in [-0.15, -0.1) is 4.36 Å². The van der Waals surface area contributed by atoms with Crippen LogP contribution in [0.25, 0.3) is 11.3 Å². The molecule has 3 aromatic heterocycles. The monoisotopic (exact) mass is 554 g/mol. The van der Waals surface area contributed by atoms with Crippen molar-refractivity contribution >= 4 is 15.8 Å². The molecule has 1 aliphatic rings. The zero-order valence-corrected chi connectivity index (χ0v) is 23.6. The maximum Gasteiger partial charge on any atom is 0.259 e. The van der Waals surface area contributed by atoms with Crippen LogP contribution >= 0.6 is 0 Å². The predicted octanol–water partition coefficient (Wildman–Crippen LogP) is 2.47. The van der Waals surface area contributed by atoms with Gasteiger partial charge >= 0.3 is 0 Å². The first kappa shape index (κ1) is 28.4. The molecule has 4 rings (SSSR count). The fourth-order valence-electron chi connectivity index (χ4n) is 4.63. The summed E-state index contributed by atoms with van der Waals surface area (Å²) < 4.78 is 28.4. The minimum atomic E-state index is -3.78. The maximum absolute atomic E-state index is 13.6. The van der Waals surface area contributed by atoms with Gasteiger partial charge in [-0.25, -0.2) is 9.35 Å². The third-order valence-corrected chi connectivity index (χ3v) is 8.05. The van der Waals surface area contributed by atoms with E-state index in [0.29, 0.717) is 30.0 Å². The second kappa shape index (κ2) is 11.2. The lowest BCUT2D eigenvalue weighted by atomic mass is 9.86. The summed E-state index contributed by atoms with van der Waals surface area (Å²) in [5, 5.41) is 5.94. The highest BCUT2D eigenvalue weighted by atomic mass is 32.2. The largest absolute Gasteiger partial charge is 0.494 e. The van der Waals surface area contributed by atoms with Crippen LogP contribution in [-0.2, 0) is 33.0 Å². The van der Waals surface area contributed by atoms with Crippen LogP contribution in [0.5, 0.6) is 11.6 Å². The number of carbonyl (C=O) groups excluding carboxylic acids is 1. The number of aromatic nitrogens is 3. The lowest BCUT2D eigenvalue weighted by Crippen LogP contribution is -2.21. The van der Waals surface area contributed by atoms with Gasteiger partial charge in [-0.3, -0.25) is 14.6 Å². The van der Waals surface area contributed by atoms with E-state index in [1.165, 1.54) is 25.4 Å². The summed E-state index contributed by atoms with van der Waals surface area (Å²) in [5.74, 6) is -0.374. The molecule has 208 valence electrons. The predicted molar refractivity (Wildman–Crippen MR) is 148 cm³/mol. The van der Waals surface area contributed by atoms with Crippen LogP contribution in [0.15, 0.2) is 50.8 Å². The SMILES string of the molecule is COc1ccc(OCCN(C)C)nc1S(N)(=O)=NC(=O)Cc1c(-c2cc[nH]c(=O)c2)ncc2c1CCC2(C)C. The summed E-state index contributed by atoms with van der Waals surface area (Å²) in [5.41, 5.74) is 3.37. The summed E-state index contributed by atoms with van der Waals surface area (Å²) in [6.07, 6.45) is 4.78. The molecule has 0 saturated heterocycles. The molecule has 12 heteroatoms. The van der Waals surface area contributed by atoms with Crippen LogP contribution in [0.1, 0.15) is 37.0 Å². The Bertz CT molecular complexity index is 1570. The van der Waals surface area contributed by atoms with Crippen LogP contribution < -0.4 is 20.2 Å². The smallest absolute Gasteiger partial charge is 0.259 e. The van der Waals surface area contributed by atoms with Crippen molar-refractivity contribution in [1.29, 1.82) is 0 Å². The number of rotatable bonds is 9. The number of nitrogens with one attached hydrogen (secondary N) is 1. The summed E-state index contributed by atoms with van der Waals surface area (Å²) >= 11 is 0. The highest BCUT2D eigenvalue weighted by molar-refractivity contribution is 7.91. The standard InChI is InChI=1S/C27H34N6O5S/c1-27(2)10-8-18-19(25(30-16-20(18)27)17-9-11-29-22(34)14-17)15-23(35)32-39(28,36)26-21(37-5)6-7-24(31-26)38-13-12-33(3)4/h6-7,9,11,14,16H,8,10,12-13,15H2,1-5H3,(H,29,34)(H2,28,32,35,36). The Morgan fingerprint density at radius 2 is 2.05 bits per heavy atom. The molecule has 1 aliphatic carbocycles. The van der Waals surface area contributed by atoms with Gasteiger partial charge in [-0.05, 0) is 61.2 Å². The molecule has 11 nitrogen and oxygen atoms in total. The van der Waals surface area contributed by atoms with Gasteiger partial charge in [-0.2, -0.15) is 4.98 Å². The van der Waals surface area contributed by atoms with Gasteiger partial charge in [-0.1, -0.05) is 13.8 Å². The summed E-state index contributed by atoms with van der Waals surface area (Å²) in [7, 11) is 1.42. The van der Waals surface area contributed by atoms with Crippen molar-refractivity contribution in [2.45, 2.75) is 43.6 Å². The summed E-state index contributed by atoms with van der Waals surface area (Å²) in [4.78, 5) is 38.8. The molecule has 1 atom stereocenters. The van der Waals surface area contributed by atoms with Gasteiger partial charge in [0.2, 0.25) is 11.4 Å². The average molecular weight is 555 g/mol. The molecule has 3 aromatic rings. The number of carbonyl (C=O) groups is 1. The average Bonchev–Trinajstić information content (AvgIpc) is 3.18. The van der Waals surface area contributed by atoms with E-state index in [4.69, 9.17) is 14.6 Å². The van der Waals surface area contributed by atoms with Gasteiger partial charge in [0.1, 0.15) is 6.61 Å². The van der Waals surface area contributed by atoms with E-state index < -0.39 is 15.8 Å². The number of nitrogens with zero attached hydrogens (tertiary/aromatic N) is 4. The van der Waals surface area contributed by atoms with E-state index in [-0.39, 0.29) is 34.1 Å². The van der Waals surface area contributed by atoms with E-state index >= 15 is 0 Å². The highest BCUT2D eigenvalue weighted by Gasteiger charge is 2.33. The van der Waals surface area contributed by atoms with Gasteiger partial charge in [0.15, 0.2) is 20.7 Å². The zero-order chi connectivity index (χ0) is 28.4. The van der Waals surface area contributed by atoms with E-state index in [2.05, 4.69) is 33.2 Å². The first-order valence-corrected chi connectivity index (χ1v) is 14.1. The number of amides is 1. The molecule has 0 spiro atoms. The van der Waals surface area contributed by atoms with Gasteiger partial charge < -0.3 is 19.4 Å². The van der Waals surface area contributed by atoms with E-state index in [9.17, 15) is 13.8 Å². The number of nitrogens with two attached hydrogens (primary N) is 1. The van der Waals surface area contributed by atoms with Gasteiger partial charge in [0.25, 0.3) is 5.91 Å². The van der Waals surface area contributed by atoms with Crippen molar-refractivity contribution < 1.29 is 18.5 Å². The Hall–Kier alpha value is -3.61.